The van der Waals surface area contributed by atoms with Crippen LogP contribution in [0.1, 0.15) is 93.2 Å². The van der Waals surface area contributed by atoms with Gasteiger partial charge in [-0.2, -0.15) is 5.11 Å². The van der Waals surface area contributed by atoms with Crippen molar-refractivity contribution in [3.63, 3.8) is 0 Å². The van der Waals surface area contributed by atoms with Gasteiger partial charge in [0.05, 0.1) is 12.6 Å². The number of amidine groups is 1. The number of hydrogen-bond donors (Lipinski definition) is 1. The van der Waals surface area contributed by atoms with Crippen LogP contribution < -0.4 is 5.32 Å². The third kappa shape index (κ3) is 6.15. The van der Waals surface area contributed by atoms with Gasteiger partial charge in [0.25, 0.3) is 11.8 Å². The number of nitrogens with zero attached hydrogens (tertiary/aromatic N) is 5. The molecule has 8 nitrogen and oxygen atoms in total. The molecule has 2 heterocycles. The number of rotatable bonds is 9. The number of azo groups is 1. The zero-order chi connectivity index (χ0) is 30.4. The summed E-state index contributed by atoms with van der Waals surface area (Å²) in [6, 6.07) is 10.3. The van der Waals surface area contributed by atoms with Crippen LogP contribution in [0, 0.1) is 28.9 Å². The van der Waals surface area contributed by atoms with Crippen molar-refractivity contribution >= 4 is 23.4 Å². The second-order valence-corrected chi connectivity index (χ2v) is 13.3. The molecule has 2 aromatic carbocycles. The maximum absolute atomic E-state index is 14.4. The lowest BCUT2D eigenvalue weighted by Gasteiger charge is -2.47. The van der Waals surface area contributed by atoms with E-state index in [-0.39, 0.29) is 47.8 Å². The summed E-state index contributed by atoms with van der Waals surface area (Å²) in [5.41, 5.74) is 1.12. The zero-order valence-corrected chi connectivity index (χ0v) is 24.9. The summed E-state index contributed by atoms with van der Waals surface area (Å²) in [6.07, 6.45) is 6.36. The zero-order valence-electron chi connectivity index (χ0n) is 24.9. The van der Waals surface area contributed by atoms with Gasteiger partial charge in [0.2, 0.25) is 0 Å². The Morgan fingerprint density at radius 1 is 1.07 bits per heavy atom. The van der Waals surface area contributed by atoms with E-state index in [0.717, 1.165) is 43.7 Å². The van der Waals surface area contributed by atoms with E-state index in [1.807, 2.05) is 17.0 Å². The van der Waals surface area contributed by atoms with Gasteiger partial charge in [0, 0.05) is 17.2 Å². The van der Waals surface area contributed by atoms with Gasteiger partial charge in [-0.15, -0.1) is 5.11 Å². The molecule has 0 saturated heterocycles. The average Bonchev–Trinajstić information content (AvgIpc) is 3.34. The second kappa shape index (κ2) is 11.4. The molecule has 6 rings (SSSR count). The van der Waals surface area contributed by atoms with Crippen LogP contribution in [-0.2, 0) is 4.79 Å². The summed E-state index contributed by atoms with van der Waals surface area (Å²) in [5, 5.41) is 10.5. The summed E-state index contributed by atoms with van der Waals surface area (Å²) in [4.78, 5) is 38.4. The van der Waals surface area contributed by atoms with E-state index in [1.54, 1.807) is 12.1 Å². The van der Waals surface area contributed by atoms with Crippen molar-refractivity contribution < 1.29 is 18.4 Å². The first kappa shape index (κ1) is 29.3. The van der Waals surface area contributed by atoms with E-state index in [0.29, 0.717) is 36.1 Å². The quantitative estimate of drug-likeness (QED) is 0.356. The van der Waals surface area contributed by atoms with Crippen molar-refractivity contribution in [1.29, 1.82) is 0 Å². The molecular formula is C33H38F2N6O2. The Morgan fingerprint density at radius 2 is 1.74 bits per heavy atom. The summed E-state index contributed by atoms with van der Waals surface area (Å²) < 4.78 is 28.6. The van der Waals surface area contributed by atoms with Crippen molar-refractivity contribution in [2.24, 2.45) is 37.5 Å². The summed E-state index contributed by atoms with van der Waals surface area (Å²) in [6.45, 7) is 7.13. The Bertz CT molecular complexity index is 1480. The van der Waals surface area contributed by atoms with Crippen LogP contribution in [-0.4, -0.2) is 47.1 Å². The first-order chi connectivity index (χ1) is 20.5. The van der Waals surface area contributed by atoms with Gasteiger partial charge in [0.15, 0.2) is 12.5 Å². The van der Waals surface area contributed by atoms with Crippen molar-refractivity contribution in [2.75, 3.05) is 13.2 Å². The fraction of sp³-hybridized carbons (Fsp3) is 0.515. The van der Waals surface area contributed by atoms with Crippen LogP contribution in [0.3, 0.4) is 0 Å². The van der Waals surface area contributed by atoms with Gasteiger partial charge in [-0.1, -0.05) is 32.9 Å². The van der Waals surface area contributed by atoms with Crippen molar-refractivity contribution in [1.82, 2.24) is 10.2 Å². The van der Waals surface area contributed by atoms with E-state index in [4.69, 9.17) is 4.99 Å². The molecule has 2 amide bonds. The Morgan fingerprint density at radius 3 is 2.35 bits per heavy atom. The number of benzene rings is 2. The highest BCUT2D eigenvalue weighted by Crippen LogP contribution is 2.53. The number of carbonyl (C=O) groups excluding carboxylic acids is 2. The SMILES string of the molecule is CC1CC(C)CC2(C1)N=C(c1cc(F)cc(F)c1)C(=O)N2[C@H](CCC1(C)CC1)c1ccc(C(=O)NCC2=NCN=N2)cc1. The van der Waals surface area contributed by atoms with Crippen LogP contribution in [0.15, 0.2) is 62.7 Å². The van der Waals surface area contributed by atoms with E-state index in [9.17, 15) is 18.4 Å². The molecule has 2 unspecified atom stereocenters. The monoisotopic (exact) mass is 588 g/mol. The van der Waals surface area contributed by atoms with Gasteiger partial charge < -0.3 is 10.2 Å². The summed E-state index contributed by atoms with van der Waals surface area (Å²) >= 11 is 0. The molecule has 0 aromatic heterocycles. The molecule has 10 heteroatoms. The van der Waals surface area contributed by atoms with Crippen molar-refractivity contribution in [3.05, 3.63) is 70.8 Å². The lowest BCUT2D eigenvalue weighted by molar-refractivity contribution is -0.134. The van der Waals surface area contributed by atoms with E-state index >= 15 is 0 Å². The molecule has 2 aliphatic carbocycles. The molecular weight excluding hydrogens is 550 g/mol. The molecule has 2 fully saturated rings. The maximum atomic E-state index is 14.4. The predicted octanol–water partition coefficient (Wildman–Crippen LogP) is 6.62. The average molecular weight is 589 g/mol. The smallest absolute Gasteiger partial charge is 0.275 e. The molecule has 2 saturated carbocycles. The molecule has 3 atom stereocenters. The Kier molecular flexibility index (Phi) is 7.73. The van der Waals surface area contributed by atoms with Gasteiger partial charge in [0.1, 0.15) is 23.0 Å². The van der Waals surface area contributed by atoms with Crippen molar-refractivity contribution in [3.8, 4) is 0 Å². The first-order valence-corrected chi connectivity index (χ1v) is 15.2. The molecule has 2 aliphatic heterocycles. The molecule has 43 heavy (non-hydrogen) atoms. The van der Waals surface area contributed by atoms with Crippen molar-refractivity contribution in [2.45, 2.75) is 77.4 Å². The fourth-order valence-electron chi connectivity index (χ4n) is 7.12. The lowest BCUT2D eigenvalue weighted by atomic mass is 9.75. The lowest BCUT2D eigenvalue weighted by Crippen LogP contribution is -2.52. The molecule has 226 valence electrons. The van der Waals surface area contributed by atoms with E-state index in [2.05, 4.69) is 41.3 Å². The normalized spacial score (nSPS) is 26.4. The number of hydrogen-bond acceptors (Lipinski definition) is 6. The van der Waals surface area contributed by atoms with Crippen LogP contribution in [0.4, 0.5) is 8.78 Å². The first-order valence-electron chi connectivity index (χ1n) is 15.2. The number of aliphatic imine (C=N–C) groups is 2. The number of nitrogens with one attached hydrogen (secondary N) is 1. The number of amides is 2. The topological polar surface area (TPSA) is 98.8 Å². The Hall–Kier alpha value is -3.82. The minimum Gasteiger partial charge on any atom is -0.345 e. The highest BCUT2D eigenvalue weighted by Gasteiger charge is 2.53. The Labute approximate surface area is 250 Å². The van der Waals surface area contributed by atoms with E-state index < -0.39 is 17.3 Å². The number of carbonyl (C=O) groups is 2. The molecule has 2 aromatic rings. The predicted molar refractivity (Wildman–Crippen MR) is 160 cm³/mol. The van der Waals surface area contributed by atoms with Gasteiger partial charge >= 0.3 is 0 Å². The second-order valence-electron chi connectivity index (χ2n) is 13.3. The van der Waals surface area contributed by atoms with Gasteiger partial charge in [-0.05, 0) is 92.0 Å². The van der Waals surface area contributed by atoms with Crippen LogP contribution >= 0.6 is 0 Å². The minimum absolute atomic E-state index is 0.116. The molecule has 0 bridgehead atoms. The van der Waals surface area contributed by atoms with Crippen LogP contribution in [0.2, 0.25) is 0 Å². The maximum Gasteiger partial charge on any atom is 0.275 e. The van der Waals surface area contributed by atoms with Crippen LogP contribution in [0.25, 0.3) is 0 Å². The molecule has 1 N–H and O–H groups in total. The van der Waals surface area contributed by atoms with E-state index in [1.165, 1.54) is 12.1 Å². The molecule has 1 spiro atoms. The fourth-order valence-corrected chi connectivity index (χ4v) is 7.12. The summed E-state index contributed by atoms with van der Waals surface area (Å²) in [5.74, 6) is -0.893. The van der Waals surface area contributed by atoms with Crippen LogP contribution in [0.5, 0.6) is 0 Å². The Balaban J connectivity index is 1.35. The third-order valence-electron chi connectivity index (χ3n) is 9.39. The summed E-state index contributed by atoms with van der Waals surface area (Å²) in [7, 11) is 0. The minimum atomic E-state index is -0.811. The highest BCUT2D eigenvalue weighted by molar-refractivity contribution is 6.46. The third-order valence-corrected chi connectivity index (χ3v) is 9.39. The molecule has 0 radical (unpaired) electrons. The van der Waals surface area contributed by atoms with Gasteiger partial charge in [-0.3, -0.25) is 14.6 Å². The standard InChI is InChI=1S/C33H38F2N6O2/c1-20-12-21(2)17-33(16-20)39-29(24-13-25(34)15-26(35)14-24)31(43)41(33)27(8-9-32(3)10-11-32)22-4-6-23(7-5-22)30(42)36-18-28-37-19-38-40-28/h4-7,13-15,20-21,27H,8-12,16-19H2,1-3H3,(H,36,42)/t20?,21?,27-,33?/m1/s1. The molecule has 4 aliphatic rings. The number of halogens is 2. The highest BCUT2D eigenvalue weighted by atomic mass is 19.1. The van der Waals surface area contributed by atoms with Gasteiger partial charge in [-0.25, -0.2) is 13.8 Å². The largest absolute Gasteiger partial charge is 0.345 e.